The summed E-state index contributed by atoms with van der Waals surface area (Å²) in [6.45, 7) is 5.97. The summed E-state index contributed by atoms with van der Waals surface area (Å²) in [6, 6.07) is 1.70. The van der Waals surface area contributed by atoms with Crippen LogP contribution in [0.1, 0.15) is 55.3 Å². The molecule has 2 aromatic heterocycles. The quantitative estimate of drug-likeness (QED) is 0.500. The van der Waals surface area contributed by atoms with E-state index in [-0.39, 0.29) is 23.2 Å². The number of hydrogen-bond donors (Lipinski definition) is 2. The zero-order valence-electron chi connectivity index (χ0n) is 15.8. The fraction of sp³-hybridized carbons (Fsp3) is 0.450. The molecule has 0 radical (unpaired) electrons. The number of hydrazone groups is 1. The predicted octanol–water partition coefficient (Wildman–Crippen LogP) is 4.84. The van der Waals surface area contributed by atoms with Crippen molar-refractivity contribution in [1.29, 1.82) is 0 Å². The van der Waals surface area contributed by atoms with Gasteiger partial charge in [-0.2, -0.15) is 23.4 Å². The maximum Gasteiger partial charge on any atom is 0.435 e. The molecule has 0 aliphatic carbocycles. The van der Waals surface area contributed by atoms with E-state index in [4.69, 9.17) is 0 Å². The Labute approximate surface area is 162 Å². The number of pyridine rings is 1. The van der Waals surface area contributed by atoms with Crippen molar-refractivity contribution in [3.05, 3.63) is 47.9 Å². The summed E-state index contributed by atoms with van der Waals surface area (Å²) in [5.41, 5.74) is 4.24. The number of halogens is 3. The van der Waals surface area contributed by atoms with Gasteiger partial charge < -0.3 is 5.43 Å². The molecule has 0 amide bonds. The second kappa shape index (κ2) is 8.58. The number of aromatic amines is 1. The lowest BCUT2D eigenvalue weighted by Crippen LogP contribution is -2.24. The first-order valence-electron chi connectivity index (χ1n) is 9.47. The number of alkyl halides is 3. The van der Waals surface area contributed by atoms with Crippen LogP contribution in [0.25, 0.3) is 11.3 Å². The second-order valence-electron chi connectivity index (χ2n) is 6.92. The lowest BCUT2D eigenvalue weighted by atomic mass is 9.88. The maximum atomic E-state index is 13.2. The minimum atomic E-state index is -4.53. The van der Waals surface area contributed by atoms with Crippen LogP contribution in [0.3, 0.4) is 0 Å². The summed E-state index contributed by atoms with van der Waals surface area (Å²) in [5.74, 6) is -0.0355. The van der Waals surface area contributed by atoms with Crippen molar-refractivity contribution in [2.45, 2.75) is 57.2 Å². The molecule has 2 atom stereocenters. The summed E-state index contributed by atoms with van der Waals surface area (Å²) in [6.07, 6.45) is 7.04. The molecule has 2 aromatic rings. The van der Waals surface area contributed by atoms with Gasteiger partial charge in [-0.1, -0.05) is 32.3 Å². The van der Waals surface area contributed by atoms with Gasteiger partial charge in [-0.25, -0.2) is 0 Å². The van der Waals surface area contributed by atoms with Gasteiger partial charge in [-0.15, -0.1) is 6.58 Å². The molecule has 28 heavy (non-hydrogen) atoms. The van der Waals surface area contributed by atoms with Crippen molar-refractivity contribution < 1.29 is 13.2 Å². The van der Waals surface area contributed by atoms with E-state index in [0.717, 1.165) is 43.2 Å². The highest BCUT2D eigenvalue weighted by Gasteiger charge is 2.37. The number of aromatic nitrogens is 3. The molecule has 8 heteroatoms. The number of unbranched alkanes of at least 4 members (excludes halogenated alkanes) is 3. The van der Waals surface area contributed by atoms with Gasteiger partial charge in [0.1, 0.15) is 0 Å². The highest BCUT2D eigenvalue weighted by molar-refractivity contribution is 5.73. The van der Waals surface area contributed by atoms with E-state index in [0.29, 0.717) is 0 Å². The number of rotatable bonds is 8. The molecule has 3 heterocycles. The van der Waals surface area contributed by atoms with E-state index in [1.165, 1.54) is 6.20 Å². The molecule has 0 spiro atoms. The smallest absolute Gasteiger partial charge is 0.302 e. The lowest BCUT2D eigenvalue weighted by molar-refractivity contribution is -0.140. The highest BCUT2D eigenvalue weighted by Crippen LogP contribution is 2.36. The number of nitrogens with one attached hydrogen (secondary N) is 2. The summed E-state index contributed by atoms with van der Waals surface area (Å²) in [4.78, 5) is 4.33. The molecule has 1 aliphatic heterocycles. The van der Waals surface area contributed by atoms with Crippen LogP contribution in [-0.4, -0.2) is 27.4 Å². The number of H-pyrrole nitrogens is 1. The molecule has 0 saturated heterocycles. The average Bonchev–Trinajstić information content (AvgIpc) is 3.33. The maximum absolute atomic E-state index is 13.2. The molecule has 0 saturated carbocycles. The number of aryl methyl sites for hydroxylation is 1. The van der Waals surface area contributed by atoms with Crippen molar-refractivity contribution in [1.82, 2.24) is 20.6 Å². The van der Waals surface area contributed by atoms with E-state index in [1.54, 1.807) is 24.6 Å². The Morgan fingerprint density at radius 2 is 2.07 bits per heavy atom. The standard InChI is InChI=1S/C20H24F3N5/c1-3-5-6-7-8-13-9-18(16-12-26-28-19(16)20(21,22)23)24-10-14(13)15-11-25-27-17(15)4-2/h4,9-12,15,17,27H,2-3,5-8H2,1H3,(H,26,28). The summed E-state index contributed by atoms with van der Waals surface area (Å²) in [7, 11) is 0. The Hall–Kier alpha value is -2.64. The molecular weight excluding hydrogens is 367 g/mol. The summed E-state index contributed by atoms with van der Waals surface area (Å²) >= 11 is 0. The van der Waals surface area contributed by atoms with Crippen LogP contribution < -0.4 is 5.43 Å². The third kappa shape index (κ3) is 4.26. The van der Waals surface area contributed by atoms with Crippen LogP contribution in [0, 0.1) is 0 Å². The topological polar surface area (TPSA) is 66.0 Å². The average molecular weight is 391 g/mol. The lowest BCUT2D eigenvalue weighted by Gasteiger charge is -2.19. The molecule has 2 unspecified atom stereocenters. The van der Waals surface area contributed by atoms with Gasteiger partial charge in [0, 0.05) is 24.5 Å². The van der Waals surface area contributed by atoms with E-state index in [2.05, 4.69) is 39.2 Å². The van der Waals surface area contributed by atoms with Crippen LogP contribution in [0.2, 0.25) is 0 Å². The molecule has 0 bridgehead atoms. The van der Waals surface area contributed by atoms with Crippen molar-refractivity contribution in [3.8, 4) is 11.3 Å². The minimum Gasteiger partial charge on any atom is -0.302 e. The second-order valence-corrected chi connectivity index (χ2v) is 6.92. The van der Waals surface area contributed by atoms with Crippen molar-refractivity contribution in [2.24, 2.45) is 5.10 Å². The zero-order chi connectivity index (χ0) is 20.1. The summed E-state index contributed by atoms with van der Waals surface area (Å²) < 4.78 is 39.7. The van der Waals surface area contributed by atoms with E-state index in [1.807, 2.05) is 0 Å². The molecule has 3 rings (SSSR count). The zero-order valence-corrected chi connectivity index (χ0v) is 15.8. The first kappa shape index (κ1) is 20.1. The fourth-order valence-electron chi connectivity index (χ4n) is 3.47. The predicted molar refractivity (Wildman–Crippen MR) is 103 cm³/mol. The van der Waals surface area contributed by atoms with Crippen LogP contribution in [0.4, 0.5) is 13.2 Å². The van der Waals surface area contributed by atoms with Gasteiger partial charge in [-0.05, 0) is 30.0 Å². The molecule has 2 N–H and O–H groups in total. The van der Waals surface area contributed by atoms with Gasteiger partial charge in [-0.3, -0.25) is 10.1 Å². The monoisotopic (exact) mass is 391 g/mol. The third-order valence-electron chi connectivity index (χ3n) is 4.97. The largest absolute Gasteiger partial charge is 0.435 e. The van der Waals surface area contributed by atoms with Crippen LogP contribution in [0.15, 0.2) is 36.2 Å². The van der Waals surface area contributed by atoms with Crippen molar-refractivity contribution in [2.75, 3.05) is 0 Å². The third-order valence-corrected chi connectivity index (χ3v) is 4.97. The van der Waals surface area contributed by atoms with E-state index >= 15 is 0 Å². The number of nitrogens with zero attached hydrogens (tertiary/aromatic N) is 3. The highest BCUT2D eigenvalue weighted by atomic mass is 19.4. The summed E-state index contributed by atoms with van der Waals surface area (Å²) in [5, 5.41) is 9.81. The van der Waals surface area contributed by atoms with Crippen LogP contribution in [-0.2, 0) is 12.6 Å². The van der Waals surface area contributed by atoms with Crippen molar-refractivity contribution >= 4 is 6.21 Å². The molecule has 0 fully saturated rings. The first-order chi connectivity index (χ1) is 13.5. The Morgan fingerprint density at radius 1 is 1.25 bits per heavy atom. The number of hydrogen-bond acceptors (Lipinski definition) is 4. The molecule has 150 valence electrons. The molecular formula is C20H24F3N5. The van der Waals surface area contributed by atoms with Crippen molar-refractivity contribution in [3.63, 3.8) is 0 Å². The molecule has 1 aliphatic rings. The Morgan fingerprint density at radius 3 is 2.79 bits per heavy atom. The van der Waals surface area contributed by atoms with E-state index < -0.39 is 11.9 Å². The van der Waals surface area contributed by atoms with Gasteiger partial charge in [0.25, 0.3) is 0 Å². The van der Waals surface area contributed by atoms with Gasteiger partial charge in [0.2, 0.25) is 0 Å². The normalized spacial score (nSPS) is 19.0. The van der Waals surface area contributed by atoms with Gasteiger partial charge in [0.05, 0.1) is 17.3 Å². The first-order valence-corrected chi connectivity index (χ1v) is 9.47. The molecule has 5 nitrogen and oxygen atoms in total. The minimum absolute atomic E-state index is 0.0349. The van der Waals surface area contributed by atoms with Gasteiger partial charge in [0.15, 0.2) is 5.69 Å². The Bertz CT molecular complexity index is 841. The Balaban J connectivity index is 1.97. The molecule has 0 aromatic carbocycles. The van der Waals surface area contributed by atoms with Crippen LogP contribution >= 0.6 is 0 Å². The van der Waals surface area contributed by atoms with Gasteiger partial charge >= 0.3 is 6.18 Å². The van der Waals surface area contributed by atoms with Crippen LogP contribution in [0.5, 0.6) is 0 Å². The van der Waals surface area contributed by atoms with E-state index in [9.17, 15) is 13.2 Å². The fourth-order valence-corrected chi connectivity index (χ4v) is 3.47. The Kier molecular flexibility index (Phi) is 6.16. The SMILES string of the molecule is C=CC1NN=CC1c1cnc(-c2c[nH]nc2C(F)(F)F)cc1CCCCCC.